The molecule has 0 bridgehead atoms. The van der Waals surface area contributed by atoms with E-state index < -0.39 is 0 Å². The first-order valence-corrected chi connectivity index (χ1v) is 10.5. The second-order valence-corrected chi connectivity index (χ2v) is 9.61. The molecule has 0 fully saturated rings. The first-order valence-electron chi connectivity index (χ1n) is 7.05. The van der Waals surface area contributed by atoms with E-state index in [9.17, 15) is 0 Å². The van der Waals surface area contributed by atoms with Gasteiger partial charge < -0.3 is 0 Å². The molecule has 0 aromatic heterocycles. The molecule has 0 aliphatic rings. The molecule has 0 saturated heterocycles. The molecule has 0 nitrogen and oxygen atoms in total. The van der Waals surface area contributed by atoms with Gasteiger partial charge in [-0.3, -0.25) is 0 Å². The predicted octanol–water partition coefficient (Wildman–Crippen LogP) is 6.98. The standard InChI is InChI=1S/C18H22S3/c1-11-7-13(3)17(14(4)8-11)19-21-20-18-15(5)9-12(2)10-16(18)6/h7-10H,1-6H3. The minimum Gasteiger partial charge on any atom is -0.0552 e. The molecule has 3 heteroatoms. The third-order valence-electron chi connectivity index (χ3n) is 3.44. The van der Waals surface area contributed by atoms with Gasteiger partial charge in [-0.1, -0.05) is 35.4 Å². The summed E-state index contributed by atoms with van der Waals surface area (Å²) < 4.78 is 0. The van der Waals surface area contributed by atoms with Crippen LogP contribution in [0.4, 0.5) is 0 Å². The molecule has 2 aromatic rings. The van der Waals surface area contributed by atoms with Gasteiger partial charge in [-0.05, 0) is 95.2 Å². The summed E-state index contributed by atoms with van der Waals surface area (Å²) >= 11 is 0. The van der Waals surface area contributed by atoms with Crippen molar-refractivity contribution in [2.75, 3.05) is 0 Å². The second kappa shape index (κ2) is 7.17. The summed E-state index contributed by atoms with van der Waals surface area (Å²) in [5, 5.41) is 0. The Bertz CT molecular complexity index is 556. The van der Waals surface area contributed by atoms with E-state index in [1.54, 1.807) is 0 Å². The quantitative estimate of drug-likeness (QED) is 0.553. The fourth-order valence-corrected chi connectivity index (χ4v) is 7.23. The van der Waals surface area contributed by atoms with Gasteiger partial charge in [0.2, 0.25) is 0 Å². The zero-order valence-corrected chi connectivity index (χ0v) is 16.0. The van der Waals surface area contributed by atoms with E-state index >= 15 is 0 Å². The van der Waals surface area contributed by atoms with E-state index in [1.807, 2.05) is 31.4 Å². The summed E-state index contributed by atoms with van der Waals surface area (Å²) in [7, 11) is 5.62. The van der Waals surface area contributed by atoms with Crippen LogP contribution in [-0.2, 0) is 0 Å². The lowest BCUT2D eigenvalue weighted by molar-refractivity contribution is 1.19. The Morgan fingerprint density at radius 1 is 0.524 bits per heavy atom. The Balaban J connectivity index is 2.09. The minimum atomic E-state index is 1.34. The molecule has 0 N–H and O–H groups in total. The molecule has 0 amide bonds. The fraction of sp³-hybridized carbons (Fsp3) is 0.333. The van der Waals surface area contributed by atoms with Crippen LogP contribution < -0.4 is 0 Å². The van der Waals surface area contributed by atoms with Crippen LogP contribution in [0.2, 0.25) is 0 Å². The molecule has 0 heterocycles. The largest absolute Gasteiger partial charge is 0.0552 e. The van der Waals surface area contributed by atoms with Crippen LogP contribution in [-0.4, -0.2) is 0 Å². The fourth-order valence-electron chi connectivity index (χ4n) is 2.68. The van der Waals surface area contributed by atoms with Crippen LogP contribution in [0.15, 0.2) is 34.1 Å². The summed E-state index contributed by atoms with van der Waals surface area (Å²) in [6.07, 6.45) is 0. The van der Waals surface area contributed by atoms with Crippen LogP contribution >= 0.6 is 31.4 Å². The molecule has 21 heavy (non-hydrogen) atoms. The number of aryl methyl sites for hydroxylation is 6. The zero-order chi connectivity index (χ0) is 15.6. The molecule has 0 atom stereocenters. The van der Waals surface area contributed by atoms with Crippen molar-refractivity contribution < 1.29 is 0 Å². The van der Waals surface area contributed by atoms with E-state index in [-0.39, 0.29) is 0 Å². The zero-order valence-electron chi connectivity index (χ0n) is 13.5. The highest BCUT2D eigenvalue weighted by atomic mass is 33.5. The first kappa shape index (κ1) is 16.9. The van der Waals surface area contributed by atoms with Gasteiger partial charge in [0.1, 0.15) is 0 Å². The van der Waals surface area contributed by atoms with Gasteiger partial charge in [0.15, 0.2) is 0 Å². The molecule has 0 aliphatic heterocycles. The molecule has 2 aromatic carbocycles. The maximum absolute atomic E-state index is 2.27. The maximum atomic E-state index is 2.27. The molecular formula is C18H22S3. The smallest absolute Gasteiger partial charge is 0.0249 e. The monoisotopic (exact) mass is 334 g/mol. The van der Waals surface area contributed by atoms with Crippen LogP contribution in [0.3, 0.4) is 0 Å². The van der Waals surface area contributed by atoms with Gasteiger partial charge in [0.05, 0.1) is 0 Å². The van der Waals surface area contributed by atoms with Crippen molar-refractivity contribution >= 4 is 31.4 Å². The van der Waals surface area contributed by atoms with Crippen molar-refractivity contribution in [1.29, 1.82) is 0 Å². The average Bonchev–Trinajstić information content (AvgIpc) is 2.34. The van der Waals surface area contributed by atoms with Crippen molar-refractivity contribution in [2.45, 2.75) is 51.3 Å². The van der Waals surface area contributed by atoms with E-state index in [0.717, 1.165) is 0 Å². The van der Waals surface area contributed by atoms with E-state index in [0.29, 0.717) is 0 Å². The Labute approximate surface area is 140 Å². The van der Waals surface area contributed by atoms with Crippen LogP contribution in [0.25, 0.3) is 0 Å². The molecule has 0 radical (unpaired) electrons. The summed E-state index contributed by atoms with van der Waals surface area (Å²) in [6.45, 7) is 13.1. The average molecular weight is 335 g/mol. The highest BCUT2D eigenvalue weighted by molar-refractivity contribution is 9.09. The van der Waals surface area contributed by atoms with Crippen LogP contribution in [0.5, 0.6) is 0 Å². The van der Waals surface area contributed by atoms with Gasteiger partial charge >= 0.3 is 0 Å². The Hall–Kier alpha value is -0.510. The number of rotatable bonds is 4. The predicted molar refractivity (Wildman–Crippen MR) is 101 cm³/mol. The van der Waals surface area contributed by atoms with Gasteiger partial charge in [0.25, 0.3) is 0 Å². The molecule has 0 unspecified atom stereocenters. The first-order chi connectivity index (χ1) is 9.88. The van der Waals surface area contributed by atoms with Crippen molar-refractivity contribution in [3.8, 4) is 0 Å². The summed E-state index contributed by atoms with van der Waals surface area (Å²) in [6, 6.07) is 9.07. The van der Waals surface area contributed by atoms with Crippen molar-refractivity contribution in [3.63, 3.8) is 0 Å². The Morgan fingerprint density at radius 3 is 1.10 bits per heavy atom. The van der Waals surface area contributed by atoms with Crippen molar-refractivity contribution in [2.24, 2.45) is 0 Å². The molecule has 2 rings (SSSR count). The van der Waals surface area contributed by atoms with Gasteiger partial charge in [-0.25, -0.2) is 0 Å². The topological polar surface area (TPSA) is 0 Å². The highest BCUT2D eigenvalue weighted by Crippen LogP contribution is 2.48. The highest BCUT2D eigenvalue weighted by Gasteiger charge is 2.09. The Kier molecular flexibility index (Phi) is 5.75. The number of hydrogen-bond acceptors (Lipinski definition) is 3. The molecule has 0 spiro atoms. The Morgan fingerprint density at radius 2 is 0.810 bits per heavy atom. The summed E-state index contributed by atoms with van der Waals surface area (Å²) in [4.78, 5) is 2.81. The van der Waals surface area contributed by atoms with E-state index in [4.69, 9.17) is 0 Å². The van der Waals surface area contributed by atoms with Crippen molar-refractivity contribution in [1.82, 2.24) is 0 Å². The van der Waals surface area contributed by atoms with E-state index in [1.165, 1.54) is 43.2 Å². The van der Waals surface area contributed by atoms with Gasteiger partial charge in [0, 0.05) is 9.79 Å². The maximum Gasteiger partial charge on any atom is 0.0249 e. The molecule has 0 saturated carbocycles. The number of hydrogen-bond donors (Lipinski definition) is 0. The third-order valence-corrected chi connectivity index (χ3v) is 7.83. The molecule has 112 valence electrons. The normalized spacial score (nSPS) is 11.0. The van der Waals surface area contributed by atoms with Gasteiger partial charge in [-0.2, -0.15) is 0 Å². The van der Waals surface area contributed by atoms with Gasteiger partial charge in [-0.15, -0.1) is 0 Å². The lowest BCUT2D eigenvalue weighted by atomic mass is 10.1. The summed E-state index contributed by atoms with van der Waals surface area (Å²) in [5.41, 5.74) is 8.20. The van der Waals surface area contributed by atoms with Crippen LogP contribution in [0.1, 0.15) is 33.4 Å². The van der Waals surface area contributed by atoms with E-state index in [2.05, 4.69) is 65.8 Å². The molecule has 0 aliphatic carbocycles. The van der Waals surface area contributed by atoms with Crippen LogP contribution in [0, 0.1) is 41.5 Å². The lowest BCUT2D eigenvalue weighted by Crippen LogP contribution is -1.87. The minimum absolute atomic E-state index is 1.34. The third kappa shape index (κ3) is 4.24. The molecular weight excluding hydrogens is 312 g/mol. The van der Waals surface area contributed by atoms with Crippen molar-refractivity contribution in [3.05, 3.63) is 57.6 Å². The summed E-state index contributed by atoms with van der Waals surface area (Å²) in [5.74, 6) is 0. The number of benzene rings is 2. The lowest BCUT2D eigenvalue weighted by Gasteiger charge is -2.12. The second-order valence-electron chi connectivity index (χ2n) is 5.69. The SMILES string of the molecule is Cc1cc(C)c(SSSc2c(C)cc(C)cc2C)c(C)c1.